The number of pyridine rings is 1. The van der Waals surface area contributed by atoms with E-state index in [0.29, 0.717) is 5.69 Å². The van der Waals surface area contributed by atoms with E-state index < -0.39 is 4.92 Å². The second-order valence-electron chi connectivity index (χ2n) is 3.32. The zero-order chi connectivity index (χ0) is 12.1. The lowest BCUT2D eigenvalue weighted by molar-refractivity contribution is -0.384. The van der Waals surface area contributed by atoms with Gasteiger partial charge in [0.05, 0.1) is 10.6 Å². The molecule has 0 amide bonds. The molecule has 0 radical (unpaired) electrons. The number of aliphatic imine (C=N–C) groups is 1. The van der Waals surface area contributed by atoms with Crippen LogP contribution in [0.25, 0.3) is 0 Å². The maximum atomic E-state index is 10.6. The van der Waals surface area contributed by atoms with Crippen LogP contribution in [0, 0.1) is 10.1 Å². The molecule has 5 heteroatoms. The highest BCUT2D eigenvalue weighted by Gasteiger charge is 2.03. The summed E-state index contributed by atoms with van der Waals surface area (Å²) < 4.78 is 0. The van der Waals surface area contributed by atoms with E-state index in [1.807, 2.05) is 0 Å². The Morgan fingerprint density at radius 3 is 2.71 bits per heavy atom. The average Bonchev–Trinajstić information content (AvgIpc) is 2.38. The second kappa shape index (κ2) is 4.98. The molecule has 0 aliphatic heterocycles. The van der Waals surface area contributed by atoms with Crippen molar-refractivity contribution in [3.05, 3.63) is 64.5 Å². The molecule has 1 aromatic heterocycles. The lowest BCUT2D eigenvalue weighted by Crippen LogP contribution is -1.86. The van der Waals surface area contributed by atoms with Gasteiger partial charge in [0.1, 0.15) is 0 Å². The van der Waals surface area contributed by atoms with Crippen LogP contribution in [-0.2, 0) is 0 Å². The maximum Gasteiger partial charge on any atom is 0.271 e. The molecule has 2 rings (SSSR count). The molecule has 2 aromatic rings. The summed E-state index contributed by atoms with van der Waals surface area (Å²) in [5, 5.41) is 10.6. The van der Waals surface area contributed by atoms with Gasteiger partial charge in [-0.25, -0.2) is 0 Å². The third kappa shape index (κ3) is 2.94. The second-order valence-corrected chi connectivity index (χ2v) is 3.32. The Kier molecular flexibility index (Phi) is 3.20. The Bertz CT molecular complexity index is 553. The Morgan fingerprint density at radius 2 is 2.00 bits per heavy atom. The number of nitrogens with zero attached hydrogens (tertiary/aromatic N) is 3. The number of aromatic nitrogens is 1. The summed E-state index contributed by atoms with van der Waals surface area (Å²) in [5.74, 6) is 0. The normalized spacial score (nSPS) is 10.6. The summed E-state index contributed by atoms with van der Waals surface area (Å²) in [6.45, 7) is 0. The summed E-state index contributed by atoms with van der Waals surface area (Å²) in [4.78, 5) is 18.2. The predicted octanol–water partition coefficient (Wildman–Crippen LogP) is 2.74. The van der Waals surface area contributed by atoms with E-state index in [1.165, 1.54) is 12.1 Å². The van der Waals surface area contributed by atoms with Crippen LogP contribution >= 0.6 is 0 Å². The first-order chi connectivity index (χ1) is 8.25. The van der Waals surface area contributed by atoms with Crippen molar-refractivity contribution in [2.75, 3.05) is 0 Å². The molecule has 0 atom stereocenters. The minimum atomic E-state index is -0.439. The van der Waals surface area contributed by atoms with Gasteiger partial charge in [-0.3, -0.25) is 20.1 Å². The van der Waals surface area contributed by atoms with Crippen LogP contribution in [0.1, 0.15) is 5.56 Å². The van der Waals surface area contributed by atoms with Crippen molar-refractivity contribution in [1.29, 1.82) is 0 Å². The van der Waals surface area contributed by atoms with E-state index in [9.17, 15) is 10.1 Å². The fourth-order valence-electron chi connectivity index (χ4n) is 1.29. The molecule has 0 saturated heterocycles. The van der Waals surface area contributed by atoms with Crippen LogP contribution < -0.4 is 0 Å². The Morgan fingerprint density at radius 1 is 1.24 bits per heavy atom. The van der Waals surface area contributed by atoms with Crippen LogP contribution in [0.4, 0.5) is 11.4 Å². The molecule has 84 valence electrons. The van der Waals surface area contributed by atoms with Gasteiger partial charge in [0, 0.05) is 30.7 Å². The molecule has 0 fully saturated rings. The lowest BCUT2D eigenvalue weighted by Gasteiger charge is -1.94. The quantitative estimate of drug-likeness (QED) is 0.460. The first kappa shape index (κ1) is 10.9. The van der Waals surface area contributed by atoms with Crippen LogP contribution in [0.2, 0.25) is 0 Å². The van der Waals surface area contributed by atoms with Gasteiger partial charge in [0.25, 0.3) is 5.69 Å². The molecule has 0 unspecified atom stereocenters. The van der Waals surface area contributed by atoms with Crippen LogP contribution in [-0.4, -0.2) is 16.1 Å². The topological polar surface area (TPSA) is 68.4 Å². The van der Waals surface area contributed by atoms with E-state index in [2.05, 4.69) is 9.98 Å². The highest BCUT2D eigenvalue weighted by atomic mass is 16.6. The van der Waals surface area contributed by atoms with Gasteiger partial charge in [-0.05, 0) is 23.8 Å². The number of hydrogen-bond donors (Lipinski definition) is 0. The number of rotatable bonds is 3. The van der Waals surface area contributed by atoms with Gasteiger partial charge in [-0.2, -0.15) is 0 Å². The first-order valence-electron chi connectivity index (χ1n) is 4.94. The number of benzene rings is 1. The highest BCUT2D eigenvalue weighted by Crippen LogP contribution is 2.19. The van der Waals surface area contributed by atoms with Gasteiger partial charge in [-0.1, -0.05) is 6.07 Å². The summed E-state index contributed by atoms with van der Waals surface area (Å²) >= 11 is 0. The van der Waals surface area contributed by atoms with Crippen molar-refractivity contribution < 1.29 is 4.92 Å². The summed E-state index contributed by atoms with van der Waals surface area (Å²) in [6.07, 6.45) is 4.96. The number of nitro groups is 1. The molecule has 0 spiro atoms. The number of non-ortho nitro benzene ring substituents is 1. The average molecular weight is 227 g/mol. The zero-order valence-corrected chi connectivity index (χ0v) is 8.85. The third-order valence-electron chi connectivity index (χ3n) is 2.11. The zero-order valence-electron chi connectivity index (χ0n) is 8.85. The smallest absolute Gasteiger partial charge is 0.265 e. The highest BCUT2D eigenvalue weighted by molar-refractivity contribution is 5.81. The molecule has 17 heavy (non-hydrogen) atoms. The van der Waals surface area contributed by atoms with Crippen LogP contribution in [0.15, 0.2) is 53.8 Å². The van der Waals surface area contributed by atoms with E-state index in [-0.39, 0.29) is 5.69 Å². The summed E-state index contributed by atoms with van der Waals surface area (Å²) in [6, 6.07) is 9.80. The Labute approximate surface area is 97.6 Å². The molecule has 0 aliphatic rings. The van der Waals surface area contributed by atoms with Crippen molar-refractivity contribution in [2.24, 2.45) is 4.99 Å². The molecule has 1 aromatic carbocycles. The Balaban J connectivity index is 2.22. The molecule has 0 saturated carbocycles. The number of nitro benzene ring substituents is 1. The molecular weight excluding hydrogens is 218 g/mol. The SMILES string of the molecule is O=[N+]([O-])c1cccc(N=Cc2ccncc2)c1. The van der Waals surface area contributed by atoms with Crippen molar-refractivity contribution in [1.82, 2.24) is 4.98 Å². The van der Waals surface area contributed by atoms with E-state index in [4.69, 9.17) is 0 Å². The van der Waals surface area contributed by atoms with Crippen LogP contribution in [0.5, 0.6) is 0 Å². The van der Waals surface area contributed by atoms with Crippen LogP contribution in [0.3, 0.4) is 0 Å². The fraction of sp³-hybridized carbons (Fsp3) is 0. The minimum Gasteiger partial charge on any atom is -0.265 e. The predicted molar refractivity (Wildman–Crippen MR) is 64.6 cm³/mol. The fourth-order valence-corrected chi connectivity index (χ4v) is 1.29. The third-order valence-corrected chi connectivity index (χ3v) is 2.11. The van der Waals surface area contributed by atoms with Gasteiger partial charge in [0.2, 0.25) is 0 Å². The summed E-state index contributed by atoms with van der Waals surface area (Å²) in [7, 11) is 0. The molecule has 1 heterocycles. The van der Waals surface area contributed by atoms with Gasteiger partial charge in [0.15, 0.2) is 0 Å². The van der Waals surface area contributed by atoms with Gasteiger partial charge >= 0.3 is 0 Å². The van der Waals surface area contributed by atoms with Crippen molar-refractivity contribution in [3.63, 3.8) is 0 Å². The van der Waals surface area contributed by atoms with Crippen molar-refractivity contribution in [3.8, 4) is 0 Å². The minimum absolute atomic E-state index is 0.0365. The van der Waals surface area contributed by atoms with Gasteiger partial charge in [-0.15, -0.1) is 0 Å². The standard InChI is InChI=1S/C12H9N3O2/c16-15(17)12-3-1-2-11(8-12)14-9-10-4-6-13-7-5-10/h1-9H. The molecule has 5 nitrogen and oxygen atoms in total. The maximum absolute atomic E-state index is 10.6. The number of hydrogen-bond acceptors (Lipinski definition) is 4. The molecular formula is C12H9N3O2. The molecule has 0 aliphatic carbocycles. The van der Waals surface area contributed by atoms with Crippen molar-refractivity contribution in [2.45, 2.75) is 0 Å². The monoisotopic (exact) mass is 227 g/mol. The van der Waals surface area contributed by atoms with E-state index in [1.54, 1.807) is 42.9 Å². The van der Waals surface area contributed by atoms with E-state index >= 15 is 0 Å². The summed E-state index contributed by atoms with van der Waals surface area (Å²) in [5.41, 5.74) is 1.48. The van der Waals surface area contributed by atoms with Gasteiger partial charge < -0.3 is 0 Å². The molecule has 0 N–H and O–H groups in total. The molecule has 0 bridgehead atoms. The van der Waals surface area contributed by atoms with Crippen molar-refractivity contribution >= 4 is 17.6 Å². The largest absolute Gasteiger partial charge is 0.271 e. The Hall–Kier alpha value is -2.56. The lowest BCUT2D eigenvalue weighted by atomic mass is 10.2. The first-order valence-corrected chi connectivity index (χ1v) is 4.94. The van der Waals surface area contributed by atoms with E-state index in [0.717, 1.165) is 5.56 Å².